The number of nitrogens with zero attached hydrogens (tertiary/aromatic N) is 1. The number of hydrogen-bond acceptors (Lipinski definition) is 1. The van der Waals surface area contributed by atoms with Gasteiger partial charge in [0.1, 0.15) is 0 Å². The molecule has 1 N–H and O–H groups in total. The highest BCUT2D eigenvalue weighted by atomic mass is 35.5. The molecule has 1 heterocycles. The fraction of sp³-hybridized carbons (Fsp3) is 0.0556. The third kappa shape index (κ3) is 3.53. The molecule has 2 aromatic carbocycles. The van der Waals surface area contributed by atoms with E-state index in [1.165, 1.54) is 18.2 Å². The Kier molecular flexibility index (Phi) is 4.30. The molecule has 3 nitrogen and oxygen atoms in total. The van der Waals surface area contributed by atoms with Gasteiger partial charge in [-0.2, -0.15) is 13.2 Å². The largest absolute Gasteiger partial charge is 0.478 e. The molecule has 0 bridgehead atoms. The lowest BCUT2D eigenvalue weighted by Crippen LogP contribution is -2.05. The Morgan fingerprint density at radius 2 is 1.76 bits per heavy atom. The van der Waals surface area contributed by atoms with Crippen LogP contribution in [0.5, 0.6) is 0 Å². The van der Waals surface area contributed by atoms with Crippen LogP contribution in [0.2, 0.25) is 5.02 Å². The van der Waals surface area contributed by atoms with Gasteiger partial charge in [0.15, 0.2) is 0 Å². The first-order valence-corrected chi connectivity index (χ1v) is 7.53. The molecular formula is C18H11ClF3NO2. The molecule has 25 heavy (non-hydrogen) atoms. The van der Waals surface area contributed by atoms with Crippen LogP contribution in [0.4, 0.5) is 13.2 Å². The minimum Gasteiger partial charge on any atom is -0.478 e. The molecule has 7 heteroatoms. The van der Waals surface area contributed by atoms with Crippen molar-refractivity contribution in [3.8, 4) is 5.69 Å². The van der Waals surface area contributed by atoms with Crippen LogP contribution in [0.3, 0.4) is 0 Å². The number of rotatable bonds is 3. The van der Waals surface area contributed by atoms with E-state index in [0.29, 0.717) is 21.9 Å². The maximum absolute atomic E-state index is 12.8. The Bertz CT molecular complexity index is 972. The molecule has 0 aliphatic heterocycles. The van der Waals surface area contributed by atoms with Crippen LogP contribution in [0.15, 0.2) is 54.6 Å². The summed E-state index contributed by atoms with van der Waals surface area (Å²) >= 11 is 5.98. The van der Waals surface area contributed by atoms with Crippen LogP contribution in [-0.2, 0) is 11.0 Å². The lowest BCUT2D eigenvalue weighted by Gasteiger charge is -2.11. The smallest absolute Gasteiger partial charge is 0.416 e. The van der Waals surface area contributed by atoms with Gasteiger partial charge in [-0.3, -0.25) is 0 Å². The summed E-state index contributed by atoms with van der Waals surface area (Å²) in [5.41, 5.74) is 0.947. The quantitative estimate of drug-likeness (QED) is 0.631. The molecule has 0 fully saturated rings. The van der Waals surface area contributed by atoms with E-state index in [-0.39, 0.29) is 0 Å². The maximum atomic E-state index is 12.8. The number of carboxylic acid groups (broad SMARTS) is 1. The molecule has 0 aliphatic carbocycles. The van der Waals surface area contributed by atoms with E-state index in [9.17, 15) is 18.0 Å². The molecule has 0 aliphatic rings. The first kappa shape index (κ1) is 17.1. The average Bonchev–Trinajstić information content (AvgIpc) is 2.89. The van der Waals surface area contributed by atoms with Crippen molar-refractivity contribution < 1.29 is 23.1 Å². The van der Waals surface area contributed by atoms with E-state index < -0.39 is 17.7 Å². The van der Waals surface area contributed by atoms with Crippen molar-refractivity contribution in [2.24, 2.45) is 0 Å². The van der Waals surface area contributed by atoms with Gasteiger partial charge < -0.3 is 9.67 Å². The predicted octanol–water partition coefficient (Wildman–Crippen LogP) is 5.40. The van der Waals surface area contributed by atoms with Crippen LogP contribution < -0.4 is 0 Å². The van der Waals surface area contributed by atoms with Gasteiger partial charge in [0.2, 0.25) is 0 Å². The summed E-state index contributed by atoms with van der Waals surface area (Å²) in [6, 6.07) is 11.5. The van der Waals surface area contributed by atoms with Crippen LogP contribution in [-0.4, -0.2) is 15.6 Å². The van der Waals surface area contributed by atoms with E-state index in [2.05, 4.69) is 0 Å². The van der Waals surface area contributed by atoms with E-state index in [1.54, 1.807) is 28.8 Å². The molecule has 3 rings (SSSR count). The molecule has 0 atom stereocenters. The summed E-state index contributed by atoms with van der Waals surface area (Å²) in [5, 5.41) is 10.1. The van der Waals surface area contributed by atoms with Crippen molar-refractivity contribution in [1.29, 1.82) is 0 Å². The van der Waals surface area contributed by atoms with Gasteiger partial charge in [0, 0.05) is 27.9 Å². The monoisotopic (exact) mass is 365 g/mol. The molecule has 1 aromatic heterocycles. The second kappa shape index (κ2) is 6.29. The number of fused-ring (bicyclic) bond motifs is 1. The predicted molar refractivity (Wildman–Crippen MR) is 90.0 cm³/mol. The average molecular weight is 366 g/mol. The summed E-state index contributed by atoms with van der Waals surface area (Å²) < 4.78 is 39.9. The molecule has 128 valence electrons. The Labute approximate surface area is 145 Å². The summed E-state index contributed by atoms with van der Waals surface area (Å²) in [7, 11) is 0. The topological polar surface area (TPSA) is 42.2 Å². The fourth-order valence-electron chi connectivity index (χ4n) is 2.57. The van der Waals surface area contributed by atoms with E-state index in [4.69, 9.17) is 16.7 Å². The normalized spacial score (nSPS) is 12.2. The number of halogens is 4. The van der Waals surface area contributed by atoms with Gasteiger partial charge in [-0.05, 0) is 54.6 Å². The van der Waals surface area contributed by atoms with Crippen molar-refractivity contribution >= 4 is 34.5 Å². The molecule has 0 saturated carbocycles. The Morgan fingerprint density at radius 1 is 1.08 bits per heavy atom. The number of aromatic nitrogens is 1. The highest BCUT2D eigenvalue weighted by Gasteiger charge is 2.30. The van der Waals surface area contributed by atoms with Crippen molar-refractivity contribution in [2.45, 2.75) is 6.18 Å². The van der Waals surface area contributed by atoms with E-state index in [0.717, 1.165) is 23.6 Å². The zero-order valence-corrected chi connectivity index (χ0v) is 13.3. The zero-order valence-electron chi connectivity index (χ0n) is 12.6. The number of carboxylic acids is 1. The first-order valence-electron chi connectivity index (χ1n) is 7.15. The van der Waals surface area contributed by atoms with Gasteiger partial charge in [-0.1, -0.05) is 11.6 Å². The van der Waals surface area contributed by atoms with Gasteiger partial charge in [-0.25, -0.2) is 4.79 Å². The lowest BCUT2D eigenvalue weighted by molar-refractivity contribution is -0.137. The Balaban J connectivity index is 2.19. The van der Waals surface area contributed by atoms with E-state index >= 15 is 0 Å². The molecule has 0 radical (unpaired) electrons. The third-order valence-corrected chi connectivity index (χ3v) is 3.88. The van der Waals surface area contributed by atoms with Crippen molar-refractivity contribution in [3.63, 3.8) is 0 Å². The molecule has 0 saturated heterocycles. The Morgan fingerprint density at radius 3 is 2.36 bits per heavy atom. The van der Waals surface area contributed by atoms with Crippen LogP contribution >= 0.6 is 11.6 Å². The summed E-state index contributed by atoms with van der Waals surface area (Å²) in [5.74, 6) is -1.12. The molecule has 0 spiro atoms. The second-order valence-electron chi connectivity index (χ2n) is 5.32. The van der Waals surface area contributed by atoms with Gasteiger partial charge in [0.05, 0.1) is 11.1 Å². The minimum absolute atomic E-state index is 0.482. The lowest BCUT2D eigenvalue weighted by atomic mass is 10.2. The number of aliphatic carboxylic acids is 1. The molecule has 3 aromatic rings. The van der Waals surface area contributed by atoms with Gasteiger partial charge in [0.25, 0.3) is 0 Å². The molecule has 0 amide bonds. The summed E-state index contributed by atoms with van der Waals surface area (Å²) in [6.07, 6.45) is -2.07. The third-order valence-electron chi connectivity index (χ3n) is 3.64. The second-order valence-corrected chi connectivity index (χ2v) is 5.76. The number of alkyl halides is 3. The van der Waals surface area contributed by atoms with E-state index in [1.807, 2.05) is 0 Å². The highest BCUT2D eigenvalue weighted by molar-refractivity contribution is 6.31. The number of benzene rings is 2. The SMILES string of the molecule is O=C(O)/C=C/c1cc2cc(Cl)ccc2n1-c1ccc(C(F)(F)F)cc1. The fourth-order valence-corrected chi connectivity index (χ4v) is 2.76. The summed E-state index contributed by atoms with van der Waals surface area (Å²) in [6.45, 7) is 0. The maximum Gasteiger partial charge on any atom is 0.416 e. The van der Waals surface area contributed by atoms with Crippen molar-refractivity contribution in [1.82, 2.24) is 4.57 Å². The van der Waals surface area contributed by atoms with Crippen LogP contribution in [0, 0.1) is 0 Å². The Hall–Kier alpha value is -2.73. The van der Waals surface area contributed by atoms with Crippen molar-refractivity contribution in [2.75, 3.05) is 0 Å². The number of carbonyl (C=O) groups is 1. The van der Waals surface area contributed by atoms with Gasteiger partial charge >= 0.3 is 12.1 Å². The van der Waals surface area contributed by atoms with Crippen LogP contribution in [0.1, 0.15) is 11.3 Å². The minimum atomic E-state index is -4.42. The highest BCUT2D eigenvalue weighted by Crippen LogP contribution is 2.32. The first-order chi connectivity index (χ1) is 11.8. The zero-order chi connectivity index (χ0) is 18.2. The number of hydrogen-bond donors (Lipinski definition) is 1. The van der Waals surface area contributed by atoms with Gasteiger partial charge in [-0.15, -0.1) is 0 Å². The molecule has 0 unspecified atom stereocenters. The standard InChI is InChI=1S/C18H11ClF3NO2/c19-13-3-7-16-11(9-13)10-15(6-8-17(24)25)23(16)14-4-1-12(2-5-14)18(20,21)22/h1-10H,(H,24,25)/b8-6+. The molecular weight excluding hydrogens is 355 g/mol. The van der Waals surface area contributed by atoms with Crippen LogP contribution in [0.25, 0.3) is 22.7 Å². The summed E-state index contributed by atoms with van der Waals surface area (Å²) in [4.78, 5) is 10.8. The van der Waals surface area contributed by atoms with Crippen molar-refractivity contribution in [3.05, 3.63) is 70.9 Å².